The van der Waals surface area contributed by atoms with Crippen molar-refractivity contribution in [3.63, 3.8) is 0 Å². The molecule has 0 saturated heterocycles. The second-order valence-electron chi connectivity index (χ2n) is 7.39. The van der Waals surface area contributed by atoms with Gasteiger partial charge in [0.2, 0.25) is 0 Å². The number of hydrogen-bond donors (Lipinski definition) is 2. The summed E-state index contributed by atoms with van der Waals surface area (Å²) in [5, 5.41) is 7.12. The smallest absolute Gasteiger partial charge is 0.253 e. The van der Waals surface area contributed by atoms with Gasteiger partial charge in [0, 0.05) is 54.0 Å². The minimum absolute atomic E-state index is 0.00127. The number of nitrogens with one attached hydrogen (secondary N) is 2. The largest absolute Gasteiger partial charge is 0.357 e. The highest BCUT2D eigenvalue weighted by molar-refractivity contribution is 7.85. The average Bonchev–Trinajstić information content (AvgIpc) is 2.71. The fourth-order valence-electron chi connectivity index (χ4n) is 3.45. The third-order valence-electron chi connectivity index (χ3n) is 4.99. The van der Waals surface area contributed by atoms with Gasteiger partial charge in [-0.05, 0) is 43.9 Å². The zero-order valence-corrected chi connectivity index (χ0v) is 18.3. The van der Waals surface area contributed by atoms with Crippen LogP contribution in [-0.4, -0.2) is 58.7 Å². The summed E-state index contributed by atoms with van der Waals surface area (Å²) in [5.74, 6) is 1.53. The maximum atomic E-state index is 12.2. The van der Waals surface area contributed by atoms with E-state index in [4.69, 9.17) is 4.99 Å². The Balaban J connectivity index is 1.98. The van der Waals surface area contributed by atoms with E-state index in [0.29, 0.717) is 23.4 Å². The number of amides is 1. The van der Waals surface area contributed by atoms with Crippen molar-refractivity contribution in [1.82, 2.24) is 15.5 Å². The van der Waals surface area contributed by atoms with Gasteiger partial charge in [0.1, 0.15) is 0 Å². The molecule has 0 radical (unpaired) electrons. The first kappa shape index (κ1) is 22.4. The Morgan fingerprint density at radius 3 is 2.54 bits per heavy atom. The normalized spacial score (nSPS) is 21.1. The van der Waals surface area contributed by atoms with Crippen molar-refractivity contribution in [2.24, 2.45) is 4.99 Å². The predicted molar refractivity (Wildman–Crippen MR) is 117 cm³/mol. The first-order valence-electron chi connectivity index (χ1n) is 10.2. The van der Waals surface area contributed by atoms with Crippen molar-refractivity contribution in [2.45, 2.75) is 57.4 Å². The molecule has 1 fully saturated rings. The van der Waals surface area contributed by atoms with Crippen LogP contribution in [0.4, 0.5) is 0 Å². The summed E-state index contributed by atoms with van der Waals surface area (Å²) < 4.78 is 12.2. The van der Waals surface area contributed by atoms with Gasteiger partial charge in [-0.15, -0.1) is 0 Å². The van der Waals surface area contributed by atoms with E-state index in [1.54, 1.807) is 19.0 Å². The SMILES string of the molecule is CCNC(=NCc1ccc(C(=O)N(C)C)cc1)NC1CCCC(S(=O)CC)C1. The standard InChI is InChI=1S/C21H34N4O2S/c1-5-22-21(24-18-8-7-9-19(14-18)28(27)6-2)23-15-16-10-12-17(13-11-16)20(26)25(3)4/h10-13,18-19H,5-9,14-15H2,1-4H3,(H2,22,23,24). The molecule has 3 atom stereocenters. The molecule has 0 aliphatic heterocycles. The van der Waals surface area contributed by atoms with Crippen molar-refractivity contribution < 1.29 is 9.00 Å². The van der Waals surface area contributed by atoms with Gasteiger partial charge >= 0.3 is 0 Å². The molecule has 6 nitrogen and oxygen atoms in total. The Morgan fingerprint density at radius 2 is 1.93 bits per heavy atom. The number of guanidine groups is 1. The lowest BCUT2D eigenvalue weighted by atomic mass is 9.95. The van der Waals surface area contributed by atoms with Gasteiger partial charge in [-0.2, -0.15) is 0 Å². The summed E-state index contributed by atoms with van der Waals surface area (Å²) in [6.07, 6.45) is 4.19. The number of rotatable bonds is 7. The first-order valence-corrected chi connectivity index (χ1v) is 11.5. The average molecular weight is 407 g/mol. The lowest BCUT2D eigenvalue weighted by Gasteiger charge is -2.30. The molecular formula is C21H34N4O2S. The fourth-order valence-corrected chi connectivity index (χ4v) is 4.79. The molecule has 3 unspecified atom stereocenters. The van der Waals surface area contributed by atoms with Gasteiger partial charge in [0.05, 0.1) is 6.54 Å². The molecule has 0 heterocycles. The molecule has 1 aliphatic carbocycles. The van der Waals surface area contributed by atoms with Crippen LogP contribution in [0.5, 0.6) is 0 Å². The summed E-state index contributed by atoms with van der Waals surface area (Å²) in [7, 11) is 2.77. The number of carbonyl (C=O) groups is 1. The van der Waals surface area contributed by atoms with E-state index in [-0.39, 0.29) is 5.91 Å². The number of benzene rings is 1. The summed E-state index contributed by atoms with van der Waals surface area (Å²) in [4.78, 5) is 18.3. The fraction of sp³-hybridized carbons (Fsp3) is 0.619. The molecule has 28 heavy (non-hydrogen) atoms. The molecule has 0 aromatic heterocycles. The monoisotopic (exact) mass is 406 g/mol. The summed E-state index contributed by atoms with van der Waals surface area (Å²) in [6.45, 7) is 5.38. The third-order valence-corrected chi connectivity index (χ3v) is 6.74. The van der Waals surface area contributed by atoms with E-state index in [1.165, 1.54) is 0 Å². The van der Waals surface area contributed by atoms with Gasteiger partial charge in [0.15, 0.2) is 5.96 Å². The maximum absolute atomic E-state index is 12.2. The van der Waals surface area contributed by atoms with Gasteiger partial charge in [-0.3, -0.25) is 9.00 Å². The van der Waals surface area contributed by atoms with Crippen molar-refractivity contribution in [2.75, 3.05) is 26.4 Å². The van der Waals surface area contributed by atoms with Crippen LogP contribution in [0.2, 0.25) is 0 Å². The van der Waals surface area contributed by atoms with Crippen molar-refractivity contribution in [3.05, 3.63) is 35.4 Å². The van der Waals surface area contributed by atoms with Crippen LogP contribution in [0.3, 0.4) is 0 Å². The van der Waals surface area contributed by atoms with Crippen molar-refractivity contribution >= 4 is 22.7 Å². The minimum Gasteiger partial charge on any atom is -0.357 e. The molecule has 1 aromatic carbocycles. The van der Waals surface area contributed by atoms with Gasteiger partial charge < -0.3 is 15.5 Å². The van der Waals surface area contributed by atoms with Crippen LogP contribution >= 0.6 is 0 Å². The molecule has 0 spiro atoms. The van der Waals surface area contributed by atoms with Crippen molar-refractivity contribution in [3.8, 4) is 0 Å². The third kappa shape index (κ3) is 6.62. The summed E-state index contributed by atoms with van der Waals surface area (Å²) in [6, 6.07) is 7.90. The molecule has 1 aliphatic rings. The van der Waals surface area contributed by atoms with E-state index < -0.39 is 10.8 Å². The van der Waals surface area contributed by atoms with Gasteiger partial charge in [0.25, 0.3) is 5.91 Å². The van der Waals surface area contributed by atoms with E-state index in [1.807, 2.05) is 31.2 Å². The van der Waals surface area contributed by atoms with Gasteiger partial charge in [-0.25, -0.2) is 4.99 Å². The highest BCUT2D eigenvalue weighted by Crippen LogP contribution is 2.23. The topological polar surface area (TPSA) is 73.8 Å². The number of carbonyl (C=O) groups excluding carboxylic acids is 1. The quantitative estimate of drug-likeness (QED) is 0.539. The number of hydrogen-bond acceptors (Lipinski definition) is 3. The lowest BCUT2D eigenvalue weighted by molar-refractivity contribution is 0.0827. The molecular weight excluding hydrogens is 372 g/mol. The Morgan fingerprint density at radius 1 is 1.21 bits per heavy atom. The minimum atomic E-state index is -0.727. The second kappa shape index (κ2) is 11.2. The molecule has 1 saturated carbocycles. The number of aliphatic imine (C=N–C) groups is 1. The number of nitrogens with zero attached hydrogens (tertiary/aromatic N) is 2. The Hall–Kier alpha value is -1.89. The van der Waals surface area contributed by atoms with Crippen LogP contribution < -0.4 is 10.6 Å². The van der Waals surface area contributed by atoms with E-state index in [0.717, 1.165) is 49.5 Å². The Bertz CT molecular complexity index is 688. The van der Waals surface area contributed by atoms with Crippen LogP contribution in [0.15, 0.2) is 29.3 Å². The zero-order valence-electron chi connectivity index (χ0n) is 17.5. The summed E-state index contributed by atoms with van der Waals surface area (Å²) >= 11 is 0. The lowest BCUT2D eigenvalue weighted by Crippen LogP contribution is -2.46. The zero-order chi connectivity index (χ0) is 20.5. The predicted octanol–water partition coefficient (Wildman–Crippen LogP) is 2.52. The molecule has 1 aromatic rings. The van der Waals surface area contributed by atoms with Crippen LogP contribution in [-0.2, 0) is 17.3 Å². The van der Waals surface area contributed by atoms with Crippen LogP contribution in [0, 0.1) is 0 Å². The highest BCUT2D eigenvalue weighted by Gasteiger charge is 2.26. The molecule has 0 bridgehead atoms. The molecule has 2 N–H and O–H groups in total. The van der Waals surface area contributed by atoms with Gasteiger partial charge in [-0.1, -0.05) is 25.5 Å². The Labute approximate surface area is 171 Å². The van der Waals surface area contributed by atoms with E-state index in [9.17, 15) is 9.00 Å². The second-order valence-corrected chi connectivity index (χ2v) is 9.40. The molecule has 2 rings (SSSR count). The van der Waals surface area contributed by atoms with E-state index in [2.05, 4.69) is 17.6 Å². The van der Waals surface area contributed by atoms with Crippen LogP contribution in [0.1, 0.15) is 55.5 Å². The Kier molecular flexibility index (Phi) is 8.96. The van der Waals surface area contributed by atoms with E-state index >= 15 is 0 Å². The van der Waals surface area contributed by atoms with Crippen LogP contribution in [0.25, 0.3) is 0 Å². The summed E-state index contributed by atoms with van der Waals surface area (Å²) in [5.41, 5.74) is 1.74. The first-order chi connectivity index (χ1) is 13.4. The molecule has 156 valence electrons. The van der Waals surface area contributed by atoms with Crippen molar-refractivity contribution in [1.29, 1.82) is 0 Å². The molecule has 7 heteroatoms. The highest BCUT2D eigenvalue weighted by atomic mass is 32.2. The maximum Gasteiger partial charge on any atom is 0.253 e. The molecule has 1 amide bonds.